The van der Waals surface area contributed by atoms with Gasteiger partial charge in [0.25, 0.3) is 10.0 Å². The lowest BCUT2D eigenvalue weighted by atomic mass is 10.2. The highest BCUT2D eigenvalue weighted by molar-refractivity contribution is 7.91. The predicted molar refractivity (Wildman–Crippen MR) is 86.1 cm³/mol. The fraction of sp³-hybridized carbons (Fsp3) is 0.733. The van der Waals surface area contributed by atoms with Gasteiger partial charge in [-0.25, -0.2) is 8.42 Å². The molecule has 1 aliphatic heterocycles. The Morgan fingerprint density at radius 1 is 1.24 bits per heavy atom. The summed E-state index contributed by atoms with van der Waals surface area (Å²) in [6.45, 7) is 4.17. The molecular weight excluding hydrogens is 304 g/mol. The van der Waals surface area contributed by atoms with Crippen LogP contribution in [0.1, 0.15) is 49.0 Å². The molecule has 0 aromatic carbocycles. The van der Waals surface area contributed by atoms with Crippen molar-refractivity contribution in [2.75, 3.05) is 13.1 Å². The molecule has 1 aromatic rings. The molecule has 21 heavy (non-hydrogen) atoms. The van der Waals surface area contributed by atoms with Crippen LogP contribution in [-0.4, -0.2) is 31.9 Å². The molecule has 1 N–H and O–H groups in total. The van der Waals surface area contributed by atoms with Crippen LogP contribution in [0.5, 0.6) is 0 Å². The summed E-state index contributed by atoms with van der Waals surface area (Å²) >= 11 is 1.44. The molecule has 0 spiro atoms. The van der Waals surface area contributed by atoms with Crippen molar-refractivity contribution in [1.29, 1.82) is 0 Å². The van der Waals surface area contributed by atoms with E-state index in [0.717, 1.165) is 42.7 Å². The first kappa shape index (κ1) is 15.5. The van der Waals surface area contributed by atoms with E-state index in [9.17, 15) is 8.42 Å². The van der Waals surface area contributed by atoms with Crippen LogP contribution in [-0.2, 0) is 16.6 Å². The molecule has 118 valence electrons. The summed E-state index contributed by atoms with van der Waals surface area (Å²) in [5.74, 6) is 0. The first-order chi connectivity index (χ1) is 10.1. The van der Waals surface area contributed by atoms with E-state index in [1.807, 2.05) is 13.0 Å². The number of rotatable bonds is 5. The second kappa shape index (κ2) is 6.36. The van der Waals surface area contributed by atoms with Gasteiger partial charge < -0.3 is 5.32 Å². The molecule has 2 fully saturated rings. The number of thiophene rings is 1. The largest absolute Gasteiger partial charge is 0.309 e. The second-order valence-corrected chi connectivity index (χ2v) is 9.45. The standard InChI is InChI=1S/C15H24N2O2S2/c1-12-10-15(20-14(12)11-16-13-6-7-13)21(18,19)17-8-4-2-3-5-9-17/h10,13,16H,2-9,11H2,1H3. The Morgan fingerprint density at radius 3 is 2.52 bits per heavy atom. The van der Waals surface area contributed by atoms with Crippen molar-refractivity contribution in [3.8, 4) is 0 Å². The first-order valence-corrected chi connectivity index (χ1v) is 10.2. The maximum absolute atomic E-state index is 12.8. The van der Waals surface area contributed by atoms with E-state index in [0.29, 0.717) is 23.3 Å². The predicted octanol–water partition coefficient (Wildman–Crippen LogP) is 2.87. The molecule has 0 radical (unpaired) electrons. The van der Waals surface area contributed by atoms with E-state index in [-0.39, 0.29) is 0 Å². The molecule has 1 saturated carbocycles. The number of hydrogen-bond donors (Lipinski definition) is 1. The molecule has 0 atom stereocenters. The number of hydrogen-bond acceptors (Lipinski definition) is 4. The molecule has 1 saturated heterocycles. The Morgan fingerprint density at radius 2 is 1.90 bits per heavy atom. The Labute approximate surface area is 131 Å². The van der Waals surface area contributed by atoms with E-state index in [1.165, 1.54) is 24.2 Å². The smallest absolute Gasteiger partial charge is 0.252 e. The Hall–Kier alpha value is -0.430. The summed E-state index contributed by atoms with van der Waals surface area (Å²) < 4.78 is 27.8. The SMILES string of the molecule is Cc1cc(S(=O)(=O)N2CCCCCC2)sc1CNC1CC1. The lowest BCUT2D eigenvalue weighted by molar-refractivity contribution is 0.425. The van der Waals surface area contributed by atoms with Gasteiger partial charge in [0.2, 0.25) is 0 Å². The van der Waals surface area contributed by atoms with Crippen molar-refractivity contribution in [2.24, 2.45) is 0 Å². The van der Waals surface area contributed by atoms with Crippen LogP contribution in [0.15, 0.2) is 10.3 Å². The van der Waals surface area contributed by atoms with Gasteiger partial charge >= 0.3 is 0 Å². The molecule has 1 aromatic heterocycles. The normalized spacial score (nSPS) is 21.4. The molecule has 3 rings (SSSR count). The molecule has 6 heteroatoms. The van der Waals surface area contributed by atoms with Gasteiger partial charge in [-0.15, -0.1) is 11.3 Å². The average molecular weight is 329 g/mol. The van der Waals surface area contributed by atoms with E-state index in [4.69, 9.17) is 0 Å². The van der Waals surface area contributed by atoms with Crippen molar-refractivity contribution in [1.82, 2.24) is 9.62 Å². The molecule has 4 nitrogen and oxygen atoms in total. The topological polar surface area (TPSA) is 49.4 Å². The molecule has 0 amide bonds. The van der Waals surface area contributed by atoms with Crippen molar-refractivity contribution >= 4 is 21.4 Å². The highest BCUT2D eigenvalue weighted by Gasteiger charge is 2.28. The number of nitrogens with one attached hydrogen (secondary N) is 1. The summed E-state index contributed by atoms with van der Waals surface area (Å²) in [6.07, 6.45) is 6.77. The van der Waals surface area contributed by atoms with Crippen molar-refractivity contribution in [3.05, 3.63) is 16.5 Å². The zero-order chi connectivity index (χ0) is 14.9. The fourth-order valence-electron chi connectivity index (χ4n) is 2.73. The van der Waals surface area contributed by atoms with Crippen LogP contribution < -0.4 is 5.32 Å². The van der Waals surface area contributed by atoms with Gasteiger partial charge in [0.15, 0.2) is 0 Å². The Bertz CT molecular complexity index is 583. The van der Waals surface area contributed by atoms with Gasteiger partial charge in [-0.1, -0.05) is 12.8 Å². The monoisotopic (exact) mass is 328 g/mol. The van der Waals surface area contributed by atoms with Gasteiger partial charge in [-0.3, -0.25) is 0 Å². The van der Waals surface area contributed by atoms with Crippen molar-refractivity contribution in [2.45, 2.75) is 62.2 Å². The highest BCUT2D eigenvalue weighted by Crippen LogP contribution is 2.30. The summed E-state index contributed by atoms with van der Waals surface area (Å²) in [5.41, 5.74) is 1.10. The third kappa shape index (κ3) is 3.67. The van der Waals surface area contributed by atoms with E-state index < -0.39 is 10.0 Å². The number of sulfonamides is 1. The van der Waals surface area contributed by atoms with Crippen molar-refractivity contribution < 1.29 is 8.42 Å². The average Bonchev–Trinajstić information content (AvgIpc) is 3.24. The maximum Gasteiger partial charge on any atom is 0.252 e. The lowest BCUT2D eigenvalue weighted by Crippen LogP contribution is -2.31. The van der Waals surface area contributed by atoms with Crippen LogP contribution in [0.3, 0.4) is 0 Å². The van der Waals surface area contributed by atoms with Gasteiger partial charge in [-0.05, 0) is 44.2 Å². The molecule has 1 aliphatic carbocycles. The molecule has 0 bridgehead atoms. The van der Waals surface area contributed by atoms with Gasteiger partial charge in [0, 0.05) is 30.6 Å². The lowest BCUT2D eigenvalue weighted by Gasteiger charge is -2.18. The van der Waals surface area contributed by atoms with E-state index in [2.05, 4.69) is 5.32 Å². The molecular formula is C15H24N2O2S2. The summed E-state index contributed by atoms with van der Waals surface area (Å²) in [6, 6.07) is 2.51. The van der Waals surface area contributed by atoms with E-state index >= 15 is 0 Å². The highest BCUT2D eigenvalue weighted by atomic mass is 32.2. The maximum atomic E-state index is 12.8. The quantitative estimate of drug-likeness (QED) is 0.904. The first-order valence-electron chi connectivity index (χ1n) is 7.90. The second-order valence-electron chi connectivity index (χ2n) is 6.15. The summed E-state index contributed by atoms with van der Waals surface area (Å²) in [7, 11) is -3.29. The minimum Gasteiger partial charge on any atom is -0.309 e. The van der Waals surface area contributed by atoms with Crippen molar-refractivity contribution in [3.63, 3.8) is 0 Å². The Kier molecular flexibility index (Phi) is 4.69. The fourth-order valence-corrected chi connectivity index (χ4v) is 5.94. The van der Waals surface area contributed by atoms with Crippen LogP contribution in [0.4, 0.5) is 0 Å². The zero-order valence-electron chi connectivity index (χ0n) is 12.6. The van der Waals surface area contributed by atoms with Crippen LogP contribution in [0.2, 0.25) is 0 Å². The van der Waals surface area contributed by atoms with Crippen LogP contribution >= 0.6 is 11.3 Å². The zero-order valence-corrected chi connectivity index (χ0v) is 14.2. The molecule has 2 aliphatic rings. The van der Waals surface area contributed by atoms with Crippen LogP contribution in [0, 0.1) is 6.92 Å². The molecule has 2 heterocycles. The van der Waals surface area contributed by atoms with Gasteiger partial charge in [-0.2, -0.15) is 4.31 Å². The third-order valence-corrected chi connectivity index (χ3v) is 7.87. The third-order valence-electron chi connectivity index (χ3n) is 4.29. The summed E-state index contributed by atoms with van der Waals surface area (Å²) in [5, 5.41) is 3.47. The summed E-state index contributed by atoms with van der Waals surface area (Å²) in [4.78, 5) is 1.16. The van der Waals surface area contributed by atoms with Gasteiger partial charge in [0.05, 0.1) is 0 Å². The minimum atomic E-state index is -3.29. The van der Waals surface area contributed by atoms with Crippen LogP contribution in [0.25, 0.3) is 0 Å². The number of aryl methyl sites for hydroxylation is 1. The van der Waals surface area contributed by atoms with E-state index in [1.54, 1.807) is 4.31 Å². The number of nitrogens with zero attached hydrogens (tertiary/aromatic N) is 1. The molecule has 0 unspecified atom stereocenters. The Balaban J connectivity index is 1.75. The van der Waals surface area contributed by atoms with Gasteiger partial charge in [0.1, 0.15) is 4.21 Å². The minimum absolute atomic E-state index is 0.523.